The lowest BCUT2D eigenvalue weighted by Crippen LogP contribution is -2.03. The predicted octanol–water partition coefficient (Wildman–Crippen LogP) is 3.40. The summed E-state index contributed by atoms with van der Waals surface area (Å²) in [4.78, 5) is 12.3. The third-order valence-corrected chi connectivity index (χ3v) is 3.42. The van der Waals surface area contributed by atoms with Gasteiger partial charge in [0.25, 0.3) is 0 Å². The number of rotatable bonds is 2. The summed E-state index contributed by atoms with van der Waals surface area (Å²) < 4.78 is 18.8. The Labute approximate surface area is 110 Å². The van der Waals surface area contributed by atoms with Gasteiger partial charge in [-0.3, -0.25) is 4.79 Å². The second-order valence-corrected chi connectivity index (χ2v) is 4.77. The largest absolute Gasteiger partial charge is 0.372 e. The van der Waals surface area contributed by atoms with E-state index in [9.17, 15) is 9.18 Å². The molecule has 2 aromatic rings. The van der Waals surface area contributed by atoms with Crippen molar-refractivity contribution < 1.29 is 13.9 Å². The average Bonchev–Trinajstić information content (AvgIpc) is 2.88. The van der Waals surface area contributed by atoms with Crippen LogP contribution in [-0.4, -0.2) is 5.78 Å². The molecule has 2 nitrogen and oxygen atoms in total. The van der Waals surface area contributed by atoms with Crippen LogP contribution in [0.25, 0.3) is 0 Å². The number of carbonyl (C=O) groups is 1. The quantitative estimate of drug-likeness (QED) is 0.770. The van der Waals surface area contributed by atoms with Crippen molar-refractivity contribution in [3.63, 3.8) is 0 Å². The molecule has 3 rings (SSSR count). The van der Waals surface area contributed by atoms with Crippen molar-refractivity contribution in [2.45, 2.75) is 20.1 Å². The third-order valence-electron chi connectivity index (χ3n) is 3.42. The van der Waals surface area contributed by atoms with Crippen LogP contribution in [-0.2, 0) is 18.0 Å². The van der Waals surface area contributed by atoms with E-state index in [-0.39, 0.29) is 11.6 Å². The Morgan fingerprint density at radius 2 is 1.74 bits per heavy atom. The highest BCUT2D eigenvalue weighted by molar-refractivity contribution is 6.09. The highest BCUT2D eigenvalue weighted by Crippen LogP contribution is 2.22. The number of ether oxygens (including phenoxy) is 1. The molecule has 1 aliphatic heterocycles. The predicted molar refractivity (Wildman–Crippen MR) is 69.5 cm³/mol. The van der Waals surface area contributed by atoms with Crippen LogP contribution < -0.4 is 0 Å². The molecular weight excluding hydrogens is 243 g/mol. The van der Waals surface area contributed by atoms with E-state index < -0.39 is 0 Å². The Bertz CT molecular complexity index is 662. The Hall–Kier alpha value is -2.00. The van der Waals surface area contributed by atoms with Crippen molar-refractivity contribution in [2.24, 2.45) is 0 Å². The van der Waals surface area contributed by atoms with E-state index in [1.165, 1.54) is 6.07 Å². The number of halogens is 1. The van der Waals surface area contributed by atoms with E-state index in [0.29, 0.717) is 29.9 Å². The molecule has 0 aliphatic carbocycles. The zero-order chi connectivity index (χ0) is 13.4. The van der Waals surface area contributed by atoms with Gasteiger partial charge in [0, 0.05) is 11.1 Å². The van der Waals surface area contributed by atoms with Gasteiger partial charge < -0.3 is 4.74 Å². The van der Waals surface area contributed by atoms with Gasteiger partial charge in [0.2, 0.25) is 0 Å². The molecule has 0 atom stereocenters. The van der Waals surface area contributed by atoms with E-state index >= 15 is 0 Å². The summed E-state index contributed by atoms with van der Waals surface area (Å²) >= 11 is 0. The molecule has 96 valence electrons. The van der Waals surface area contributed by atoms with Gasteiger partial charge in [-0.25, -0.2) is 4.39 Å². The molecule has 0 amide bonds. The van der Waals surface area contributed by atoms with Gasteiger partial charge >= 0.3 is 0 Å². The Morgan fingerprint density at radius 1 is 1.05 bits per heavy atom. The molecule has 0 unspecified atom stereocenters. The highest BCUT2D eigenvalue weighted by atomic mass is 19.1. The Kier molecular flexibility index (Phi) is 2.91. The molecule has 2 aromatic carbocycles. The summed E-state index contributed by atoms with van der Waals surface area (Å²) in [5.74, 6) is -0.510. The normalized spacial score (nSPS) is 13.4. The number of fused-ring (bicyclic) bond motifs is 1. The first-order valence-corrected chi connectivity index (χ1v) is 6.15. The molecule has 0 radical (unpaired) electrons. The molecule has 3 heteroatoms. The summed E-state index contributed by atoms with van der Waals surface area (Å²) in [7, 11) is 0. The van der Waals surface area contributed by atoms with Gasteiger partial charge in [-0.1, -0.05) is 24.3 Å². The molecule has 0 saturated heterocycles. The Morgan fingerprint density at radius 3 is 2.53 bits per heavy atom. The first-order valence-electron chi connectivity index (χ1n) is 6.15. The van der Waals surface area contributed by atoms with Gasteiger partial charge in [-0.2, -0.15) is 0 Å². The molecule has 0 N–H and O–H groups in total. The summed E-state index contributed by atoms with van der Waals surface area (Å²) in [6.45, 7) is 2.82. The molecule has 0 bridgehead atoms. The third kappa shape index (κ3) is 2.17. The van der Waals surface area contributed by atoms with E-state index in [4.69, 9.17) is 4.74 Å². The topological polar surface area (TPSA) is 26.3 Å². The first kappa shape index (κ1) is 12.1. The lowest BCUT2D eigenvalue weighted by molar-refractivity contribution is 0.103. The maximum atomic E-state index is 13.5. The second-order valence-electron chi connectivity index (χ2n) is 4.77. The van der Waals surface area contributed by atoms with Crippen molar-refractivity contribution in [1.29, 1.82) is 0 Å². The summed E-state index contributed by atoms with van der Waals surface area (Å²) in [5.41, 5.74) is 3.65. The monoisotopic (exact) mass is 256 g/mol. The van der Waals surface area contributed by atoms with Crippen LogP contribution in [0.3, 0.4) is 0 Å². The molecule has 1 aliphatic rings. The van der Waals surface area contributed by atoms with Crippen LogP contribution in [0.2, 0.25) is 0 Å². The van der Waals surface area contributed by atoms with Gasteiger partial charge in [0.15, 0.2) is 5.78 Å². The lowest BCUT2D eigenvalue weighted by Gasteiger charge is -2.05. The van der Waals surface area contributed by atoms with Crippen LogP contribution in [0.4, 0.5) is 4.39 Å². The van der Waals surface area contributed by atoms with Crippen molar-refractivity contribution in [3.8, 4) is 0 Å². The number of ketones is 1. The fourth-order valence-electron chi connectivity index (χ4n) is 2.21. The molecule has 0 fully saturated rings. The van der Waals surface area contributed by atoms with Crippen LogP contribution in [0.15, 0.2) is 36.4 Å². The molecule has 0 saturated carbocycles. The Balaban J connectivity index is 1.97. The smallest absolute Gasteiger partial charge is 0.193 e. The fourth-order valence-corrected chi connectivity index (χ4v) is 2.21. The average molecular weight is 256 g/mol. The number of hydrogen-bond donors (Lipinski definition) is 0. The number of benzene rings is 2. The van der Waals surface area contributed by atoms with Gasteiger partial charge in [-0.05, 0) is 35.7 Å². The van der Waals surface area contributed by atoms with E-state index in [2.05, 4.69) is 0 Å². The maximum Gasteiger partial charge on any atom is 0.193 e. The van der Waals surface area contributed by atoms with Crippen LogP contribution in [0, 0.1) is 12.7 Å². The summed E-state index contributed by atoms with van der Waals surface area (Å²) in [6.07, 6.45) is 0. The minimum Gasteiger partial charge on any atom is -0.372 e. The molecular formula is C16H13FO2. The van der Waals surface area contributed by atoms with Crippen LogP contribution in [0.5, 0.6) is 0 Å². The van der Waals surface area contributed by atoms with E-state index in [1.807, 2.05) is 12.1 Å². The number of aryl methyl sites for hydroxylation is 1. The van der Waals surface area contributed by atoms with Gasteiger partial charge in [0.05, 0.1) is 13.2 Å². The maximum absolute atomic E-state index is 13.5. The zero-order valence-electron chi connectivity index (χ0n) is 10.6. The number of hydrogen-bond acceptors (Lipinski definition) is 2. The van der Waals surface area contributed by atoms with Crippen molar-refractivity contribution in [2.75, 3.05) is 0 Å². The van der Waals surface area contributed by atoms with Crippen molar-refractivity contribution in [1.82, 2.24) is 0 Å². The summed E-state index contributed by atoms with van der Waals surface area (Å²) in [5, 5.41) is 0. The van der Waals surface area contributed by atoms with E-state index in [1.54, 1.807) is 25.1 Å². The minimum absolute atomic E-state index is 0.159. The standard InChI is InChI=1S/C16H13FO2/c1-10-2-3-12(7-15(10)17)16(18)11-4-5-13-8-19-9-14(13)6-11/h2-7H,8-9H2,1H3. The van der Waals surface area contributed by atoms with Gasteiger partial charge in [-0.15, -0.1) is 0 Å². The molecule has 0 spiro atoms. The van der Waals surface area contributed by atoms with Crippen molar-refractivity contribution >= 4 is 5.78 Å². The SMILES string of the molecule is Cc1ccc(C(=O)c2ccc3c(c2)COC3)cc1F. The summed E-state index contributed by atoms with van der Waals surface area (Å²) in [6, 6.07) is 10.1. The van der Waals surface area contributed by atoms with E-state index in [0.717, 1.165) is 11.1 Å². The fraction of sp³-hybridized carbons (Fsp3) is 0.188. The highest BCUT2D eigenvalue weighted by Gasteiger charge is 2.16. The van der Waals surface area contributed by atoms with Gasteiger partial charge in [0.1, 0.15) is 5.82 Å². The molecule has 19 heavy (non-hydrogen) atoms. The molecule has 1 heterocycles. The zero-order valence-corrected chi connectivity index (χ0v) is 10.6. The molecule has 0 aromatic heterocycles. The lowest BCUT2D eigenvalue weighted by atomic mass is 9.98. The van der Waals surface area contributed by atoms with Crippen molar-refractivity contribution in [3.05, 3.63) is 70.0 Å². The number of carbonyl (C=O) groups excluding carboxylic acids is 1. The second kappa shape index (κ2) is 4.59. The first-order chi connectivity index (χ1) is 9.15. The minimum atomic E-state index is -0.352. The van der Waals surface area contributed by atoms with Crippen LogP contribution in [0.1, 0.15) is 32.6 Å². The van der Waals surface area contributed by atoms with Crippen LogP contribution >= 0.6 is 0 Å².